The minimum Gasteiger partial charge on any atom is -0.357 e. The molecule has 2 amide bonds. The molecule has 7 nitrogen and oxygen atoms in total. The van der Waals surface area contributed by atoms with Crippen LogP contribution < -0.4 is 10.2 Å². The van der Waals surface area contributed by atoms with E-state index >= 15 is 0 Å². The predicted molar refractivity (Wildman–Crippen MR) is 117 cm³/mol. The SMILES string of the molecule is CN1C(=O)Cc2ccc(C(=O)Nc3cc4[nH]c([C@H]5CCCCN5C)cc4cn3)cc21. The summed E-state index contributed by atoms with van der Waals surface area (Å²) in [6, 6.07) is 9.80. The van der Waals surface area contributed by atoms with Gasteiger partial charge in [-0.3, -0.25) is 14.5 Å². The number of amides is 2. The first-order valence-corrected chi connectivity index (χ1v) is 10.4. The highest BCUT2D eigenvalue weighted by atomic mass is 16.2. The van der Waals surface area contributed by atoms with Crippen LogP contribution in [0.3, 0.4) is 0 Å². The molecule has 1 fully saturated rings. The minimum atomic E-state index is -0.240. The number of aromatic amines is 1. The topological polar surface area (TPSA) is 81.3 Å². The summed E-state index contributed by atoms with van der Waals surface area (Å²) in [5.41, 5.74) is 4.41. The molecule has 2 N–H and O–H groups in total. The Kier molecular flexibility index (Phi) is 4.55. The van der Waals surface area contributed by atoms with Gasteiger partial charge in [0.1, 0.15) is 5.82 Å². The molecule has 2 aromatic heterocycles. The quantitative estimate of drug-likeness (QED) is 0.701. The van der Waals surface area contributed by atoms with E-state index in [0.29, 0.717) is 23.8 Å². The molecule has 0 radical (unpaired) electrons. The molecule has 7 heteroatoms. The van der Waals surface area contributed by atoms with Crippen LogP contribution in [0.25, 0.3) is 10.9 Å². The molecule has 1 atom stereocenters. The number of anilines is 2. The monoisotopic (exact) mass is 403 g/mol. The first-order chi connectivity index (χ1) is 14.5. The van der Waals surface area contributed by atoms with Gasteiger partial charge in [0.2, 0.25) is 5.91 Å². The predicted octanol–water partition coefficient (Wildman–Crippen LogP) is 3.49. The number of rotatable bonds is 3. The van der Waals surface area contributed by atoms with Crippen molar-refractivity contribution in [1.29, 1.82) is 0 Å². The smallest absolute Gasteiger partial charge is 0.256 e. The molecule has 2 aliphatic heterocycles. The molecule has 0 spiro atoms. The van der Waals surface area contributed by atoms with Crippen LogP contribution in [-0.2, 0) is 11.2 Å². The summed E-state index contributed by atoms with van der Waals surface area (Å²) in [5.74, 6) is 0.305. The Labute approximate surface area is 175 Å². The number of carbonyl (C=O) groups is 2. The molecule has 0 unspecified atom stereocenters. The lowest BCUT2D eigenvalue weighted by molar-refractivity contribution is -0.117. The number of pyridine rings is 1. The molecule has 0 bridgehead atoms. The van der Waals surface area contributed by atoms with Crippen LogP contribution in [-0.4, -0.2) is 47.3 Å². The van der Waals surface area contributed by atoms with Crippen LogP contribution in [0.1, 0.15) is 46.9 Å². The normalized spacial score (nSPS) is 19.3. The Balaban J connectivity index is 1.37. The van der Waals surface area contributed by atoms with Crippen LogP contribution in [0.2, 0.25) is 0 Å². The summed E-state index contributed by atoms with van der Waals surface area (Å²) in [6.07, 6.45) is 5.82. The number of piperidine rings is 1. The fourth-order valence-corrected chi connectivity index (χ4v) is 4.54. The van der Waals surface area contributed by atoms with Crippen molar-refractivity contribution in [3.8, 4) is 0 Å². The fourth-order valence-electron chi connectivity index (χ4n) is 4.54. The van der Waals surface area contributed by atoms with Crippen LogP contribution in [0, 0.1) is 0 Å². The standard InChI is InChI=1S/C23H25N5O2/c1-27-8-4-3-5-19(27)18-9-16-13-24-21(12-17(16)25-18)26-23(30)15-7-6-14-11-22(29)28(2)20(14)10-15/h6-7,9-10,12-13,19,25H,3-5,8,11H2,1-2H3,(H,24,26,30)/t19-/m1/s1. The molecule has 0 aliphatic carbocycles. The Morgan fingerprint density at radius 1 is 1.20 bits per heavy atom. The van der Waals surface area contributed by atoms with E-state index in [4.69, 9.17) is 0 Å². The Morgan fingerprint density at radius 2 is 2.07 bits per heavy atom. The number of hydrogen-bond acceptors (Lipinski definition) is 4. The van der Waals surface area contributed by atoms with Crippen molar-refractivity contribution >= 4 is 34.2 Å². The molecule has 4 heterocycles. The zero-order valence-corrected chi connectivity index (χ0v) is 17.2. The van der Waals surface area contributed by atoms with E-state index in [2.05, 4.69) is 33.3 Å². The summed E-state index contributed by atoms with van der Waals surface area (Å²) in [5, 5.41) is 3.92. The van der Waals surface area contributed by atoms with E-state index in [1.54, 1.807) is 30.3 Å². The lowest BCUT2D eigenvalue weighted by Gasteiger charge is -2.31. The van der Waals surface area contributed by atoms with Gasteiger partial charge in [-0.1, -0.05) is 12.5 Å². The van der Waals surface area contributed by atoms with Gasteiger partial charge in [0.25, 0.3) is 5.91 Å². The highest BCUT2D eigenvalue weighted by molar-refractivity contribution is 6.07. The molecular weight excluding hydrogens is 378 g/mol. The molecular formula is C23H25N5O2. The number of nitrogens with zero attached hydrogens (tertiary/aromatic N) is 3. The second kappa shape index (κ2) is 7.25. The number of benzene rings is 1. The van der Waals surface area contributed by atoms with Crippen molar-refractivity contribution in [3.05, 3.63) is 53.3 Å². The first-order valence-electron chi connectivity index (χ1n) is 10.4. The summed E-state index contributed by atoms with van der Waals surface area (Å²) < 4.78 is 0. The lowest BCUT2D eigenvalue weighted by Crippen LogP contribution is -2.29. The van der Waals surface area contributed by atoms with Gasteiger partial charge in [0, 0.05) is 47.7 Å². The van der Waals surface area contributed by atoms with Crippen molar-refractivity contribution in [2.45, 2.75) is 31.7 Å². The maximum atomic E-state index is 12.8. The maximum Gasteiger partial charge on any atom is 0.256 e. The van der Waals surface area contributed by atoms with Crippen molar-refractivity contribution < 1.29 is 9.59 Å². The van der Waals surface area contributed by atoms with Crippen LogP contribution >= 0.6 is 0 Å². The van der Waals surface area contributed by atoms with E-state index in [-0.39, 0.29) is 11.8 Å². The molecule has 30 heavy (non-hydrogen) atoms. The number of likely N-dealkylation sites (N-methyl/N-ethyl adjacent to an activating group) is 1. The van der Waals surface area contributed by atoms with Gasteiger partial charge in [-0.15, -0.1) is 0 Å². The summed E-state index contributed by atoms with van der Waals surface area (Å²) in [6.45, 7) is 1.11. The molecule has 3 aromatic rings. The van der Waals surface area contributed by atoms with Crippen molar-refractivity contribution in [3.63, 3.8) is 0 Å². The van der Waals surface area contributed by atoms with E-state index in [0.717, 1.165) is 35.1 Å². The van der Waals surface area contributed by atoms with Crippen LogP contribution in [0.15, 0.2) is 36.5 Å². The molecule has 0 saturated carbocycles. The Bertz CT molecular complexity index is 1150. The van der Waals surface area contributed by atoms with E-state index in [1.165, 1.54) is 18.5 Å². The van der Waals surface area contributed by atoms with E-state index < -0.39 is 0 Å². The number of fused-ring (bicyclic) bond motifs is 2. The Morgan fingerprint density at radius 3 is 2.90 bits per heavy atom. The summed E-state index contributed by atoms with van der Waals surface area (Å²) in [4.78, 5) is 36.6. The zero-order valence-electron chi connectivity index (χ0n) is 17.2. The lowest BCUT2D eigenvalue weighted by atomic mass is 10.0. The molecule has 2 aliphatic rings. The number of hydrogen-bond donors (Lipinski definition) is 2. The maximum absolute atomic E-state index is 12.8. The highest BCUT2D eigenvalue weighted by Crippen LogP contribution is 2.32. The third kappa shape index (κ3) is 3.25. The van der Waals surface area contributed by atoms with Crippen LogP contribution in [0.4, 0.5) is 11.5 Å². The molecule has 1 saturated heterocycles. The third-order valence-corrected chi connectivity index (χ3v) is 6.32. The first kappa shape index (κ1) is 18.8. The fraction of sp³-hybridized carbons (Fsp3) is 0.348. The van der Waals surface area contributed by atoms with Crippen molar-refractivity contribution in [2.24, 2.45) is 0 Å². The van der Waals surface area contributed by atoms with Gasteiger partial charge < -0.3 is 15.2 Å². The van der Waals surface area contributed by atoms with Gasteiger partial charge in [-0.25, -0.2) is 4.98 Å². The zero-order chi connectivity index (χ0) is 20.8. The van der Waals surface area contributed by atoms with Crippen LogP contribution in [0.5, 0.6) is 0 Å². The van der Waals surface area contributed by atoms with Gasteiger partial charge >= 0.3 is 0 Å². The van der Waals surface area contributed by atoms with Gasteiger partial charge in [0.15, 0.2) is 0 Å². The van der Waals surface area contributed by atoms with Gasteiger partial charge in [-0.05, 0) is 50.2 Å². The van der Waals surface area contributed by atoms with Crippen molar-refractivity contribution in [2.75, 3.05) is 30.9 Å². The summed E-state index contributed by atoms with van der Waals surface area (Å²) in [7, 11) is 3.90. The van der Waals surface area contributed by atoms with Crippen molar-refractivity contribution in [1.82, 2.24) is 14.9 Å². The van der Waals surface area contributed by atoms with E-state index in [9.17, 15) is 9.59 Å². The number of H-pyrrole nitrogens is 1. The molecule has 1 aromatic carbocycles. The number of carbonyl (C=O) groups excluding carboxylic acids is 2. The number of nitrogens with one attached hydrogen (secondary N) is 2. The summed E-state index contributed by atoms with van der Waals surface area (Å²) >= 11 is 0. The molecule has 5 rings (SSSR count). The second-order valence-corrected chi connectivity index (χ2v) is 8.30. The van der Waals surface area contributed by atoms with Gasteiger partial charge in [0.05, 0.1) is 11.9 Å². The van der Waals surface area contributed by atoms with Gasteiger partial charge in [-0.2, -0.15) is 0 Å². The second-order valence-electron chi connectivity index (χ2n) is 8.30. The minimum absolute atomic E-state index is 0.0424. The van der Waals surface area contributed by atoms with E-state index in [1.807, 2.05) is 12.1 Å². The number of likely N-dealkylation sites (tertiary alicyclic amines) is 1. The highest BCUT2D eigenvalue weighted by Gasteiger charge is 2.25. The Hall–Kier alpha value is -3.19. The largest absolute Gasteiger partial charge is 0.357 e. The number of aromatic nitrogens is 2. The molecule has 154 valence electrons. The average molecular weight is 403 g/mol. The average Bonchev–Trinajstić information content (AvgIpc) is 3.28. The third-order valence-electron chi connectivity index (χ3n) is 6.32.